The largest absolute Gasteiger partial charge is 0.414 e. The summed E-state index contributed by atoms with van der Waals surface area (Å²) in [6, 6.07) is 5.75. The first-order valence-electron chi connectivity index (χ1n) is 6.11. The zero-order chi connectivity index (χ0) is 13.7. The Bertz CT molecular complexity index is 508. The average molecular weight is 260 g/mol. The number of carbonyl (C=O) groups is 1. The smallest absolute Gasteiger partial charge is 0.410 e. The Hall–Kier alpha value is -2.03. The van der Waals surface area contributed by atoms with E-state index >= 15 is 0 Å². The molecule has 1 aromatic rings. The van der Waals surface area contributed by atoms with E-state index in [4.69, 9.17) is 16.3 Å². The molecule has 0 saturated carbocycles. The Morgan fingerprint density at radius 1 is 1.58 bits per heavy atom. The van der Waals surface area contributed by atoms with Gasteiger partial charge in [-0.15, -0.1) is 6.42 Å². The molecule has 0 aromatic heterocycles. The van der Waals surface area contributed by atoms with E-state index in [1.807, 2.05) is 12.1 Å². The van der Waals surface area contributed by atoms with Gasteiger partial charge in [-0.25, -0.2) is 4.79 Å². The summed E-state index contributed by atoms with van der Waals surface area (Å²) in [4.78, 5) is 11.2. The molecule has 0 unspecified atom stereocenters. The topological polar surface area (TPSA) is 70.6 Å². The number of aliphatic hydroxyl groups excluding tert-OH is 1. The van der Waals surface area contributed by atoms with Gasteiger partial charge in [-0.2, -0.15) is 0 Å². The van der Waals surface area contributed by atoms with Gasteiger partial charge in [0.1, 0.15) is 12.5 Å². The minimum Gasteiger partial charge on any atom is -0.410 e. The van der Waals surface area contributed by atoms with Crippen LogP contribution in [0, 0.1) is 12.3 Å². The zero-order valence-corrected chi connectivity index (χ0v) is 10.5. The number of amides is 1. The maximum Gasteiger partial charge on any atom is 0.414 e. The maximum atomic E-state index is 11.2. The predicted octanol–water partition coefficient (Wildman–Crippen LogP) is 0.935. The highest BCUT2D eigenvalue weighted by Crippen LogP contribution is 2.33. The summed E-state index contributed by atoms with van der Waals surface area (Å²) in [6.45, 7) is 0.0658. The number of aliphatic hydroxyl groups is 1. The summed E-state index contributed by atoms with van der Waals surface area (Å²) in [5, 5.41) is 14.0. The Morgan fingerprint density at radius 3 is 3.16 bits per heavy atom. The van der Waals surface area contributed by atoms with E-state index in [1.165, 1.54) is 5.56 Å². The van der Waals surface area contributed by atoms with Crippen LogP contribution in [-0.2, 0) is 6.42 Å². The number of hydrogen-bond donors (Lipinski definition) is 3. The second-order valence-corrected chi connectivity index (χ2v) is 4.26. The molecule has 1 aromatic carbocycles. The van der Waals surface area contributed by atoms with Crippen LogP contribution in [0.1, 0.15) is 23.6 Å². The molecule has 1 atom stereocenters. The van der Waals surface area contributed by atoms with E-state index in [9.17, 15) is 4.79 Å². The molecule has 1 amide bonds. The number of aryl methyl sites for hydroxylation is 1. The van der Waals surface area contributed by atoms with Gasteiger partial charge in [0.05, 0.1) is 6.54 Å². The van der Waals surface area contributed by atoms with Gasteiger partial charge in [-0.05, 0) is 36.1 Å². The van der Waals surface area contributed by atoms with Gasteiger partial charge < -0.3 is 9.84 Å². The van der Waals surface area contributed by atoms with Crippen LogP contribution in [-0.4, -0.2) is 24.5 Å². The fourth-order valence-electron chi connectivity index (χ4n) is 2.25. The SMILES string of the molecule is C#CCN[C@@H]1CCc2ccc(OC(=O)NCO)cc21. The molecule has 0 saturated heterocycles. The summed E-state index contributed by atoms with van der Waals surface area (Å²) in [5.74, 6) is 3.01. The number of fused-ring (bicyclic) bond motifs is 1. The molecule has 2 rings (SSSR count). The van der Waals surface area contributed by atoms with Crippen molar-refractivity contribution in [1.82, 2.24) is 10.6 Å². The van der Waals surface area contributed by atoms with Crippen molar-refractivity contribution >= 4 is 6.09 Å². The van der Waals surface area contributed by atoms with Crippen LogP contribution in [0.5, 0.6) is 5.75 Å². The van der Waals surface area contributed by atoms with E-state index in [0.717, 1.165) is 18.4 Å². The lowest BCUT2D eigenvalue weighted by Gasteiger charge is -2.13. The number of ether oxygens (including phenoxy) is 1. The average Bonchev–Trinajstić information content (AvgIpc) is 2.79. The molecule has 0 bridgehead atoms. The summed E-state index contributed by atoms with van der Waals surface area (Å²) in [7, 11) is 0. The molecular formula is C14H16N2O3. The number of carbonyl (C=O) groups excluding carboxylic acids is 1. The lowest BCUT2D eigenvalue weighted by molar-refractivity contribution is 0.181. The van der Waals surface area contributed by atoms with Gasteiger partial charge in [-0.3, -0.25) is 10.6 Å². The monoisotopic (exact) mass is 260 g/mol. The van der Waals surface area contributed by atoms with Gasteiger partial charge in [0.15, 0.2) is 0 Å². The van der Waals surface area contributed by atoms with Gasteiger partial charge >= 0.3 is 6.09 Å². The third-order valence-electron chi connectivity index (χ3n) is 3.08. The van der Waals surface area contributed by atoms with Gasteiger partial charge in [0.2, 0.25) is 0 Å². The normalized spacial score (nSPS) is 16.5. The van der Waals surface area contributed by atoms with Crippen LogP contribution in [0.3, 0.4) is 0 Å². The highest BCUT2D eigenvalue weighted by atomic mass is 16.6. The molecule has 0 aliphatic heterocycles. The van der Waals surface area contributed by atoms with E-state index in [2.05, 4.69) is 16.6 Å². The number of terminal acetylenes is 1. The second-order valence-electron chi connectivity index (χ2n) is 4.26. The molecule has 0 fully saturated rings. The van der Waals surface area contributed by atoms with Crippen molar-refractivity contribution in [3.8, 4) is 18.1 Å². The minimum absolute atomic E-state index is 0.204. The number of rotatable bonds is 4. The third-order valence-corrected chi connectivity index (χ3v) is 3.08. The van der Waals surface area contributed by atoms with Gasteiger partial charge in [-0.1, -0.05) is 12.0 Å². The Balaban J connectivity index is 2.09. The standard InChI is InChI=1S/C14H16N2O3/c1-2-7-15-13-6-4-10-3-5-11(8-12(10)13)19-14(18)16-9-17/h1,3,5,8,13,15,17H,4,6-7,9H2,(H,16,18)/t13-/m1/s1. The highest BCUT2D eigenvalue weighted by molar-refractivity contribution is 5.70. The van der Waals surface area contributed by atoms with Crippen molar-refractivity contribution in [3.05, 3.63) is 29.3 Å². The maximum absolute atomic E-state index is 11.2. The molecule has 1 aliphatic carbocycles. The minimum atomic E-state index is -0.673. The van der Waals surface area contributed by atoms with Crippen LogP contribution in [0.2, 0.25) is 0 Å². The van der Waals surface area contributed by atoms with Crippen LogP contribution in [0.15, 0.2) is 18.2 Å². The summed E-state index contributed by atoms with van der Waals surface area (Å²) in [5.41, 5.74) is 2.36. The number of hydrogen-bond acceptors (Lipinski definition) is 4. The molecule has 0 heterocycles. The highest BCUT2D eigenvalue weighted by Gasteiger charge is 2.22. The zero-order valence-electron chi connectivity index (χ0n) is 10.5. The Labute approximate surface area is 112 Å². The summed E-state index contributed by atoms with van der Waals surface area (Å²) < 4.78 is 5.05. The van der Waals surface area contributed by atoms with Gasteiger partial charge in [0, 0.05) is 6.04 Å². The molecule has 3 N–H and O–H groups in total. The Kier molecular flexibility index (Phi) is 4.39. The quantitative estimate of drug-likeness (QED) is 0.556. The first kappa shape index (κ1) is 13.4. The van der Waals surface area contributed by atoms with E-state index in [1.54, 1.807) is 6.07 Å². The van der Waals surface area contributed by atoms with Gasteiger partial charge in [0.25, 0.3) is 0 Å². The molecule has 100 valence electrons. The first-order valence-corrected chi connectivity index (χ1v) is 6.11. The molecule has 5 heteroatoms. The van der Waals surface area contributed by atoms with E-state index in [0.29, 0.717) is 12.3 Å². The summed E-state index contributed by atoms with van der Waals surface area (Å²) in [6.07, 6.45) is 6.55. The first-order chi connectivity index (χ1) is 9.24. The molecule has 0 radical (unpaired) electrons. The van der Waals surface area contributed by atoms with Crippen molar-refractivity contribution in [2.45, 2.75) is 18.9 Å². The van der Waals surface area contributed by atoms with Crippen molar-refractivity contribution in [2.24, 2.45) is 0 Å². The second kappa shape index (κ2) is 6.23. The van der Waals surface area contributed by atoms with Crippen LogP contribution < -0.4 is 15.4 Å². The van der Waals surface area contributed by atoms with Crippen LogP contribution >= 0.6 is 0 Å². The lowest BCUT2D eigenvalue weighted by Crippen LogP contribution is -2.27. The molecule has 19 heavy (non-hydrogen) atoms. The van der Waals surface area contributed by atoms with E-state index < -0.39 is 12.8 Å². The van der Waals surface area contributed by atoms with Crippen LogP contribution in [0.25, 0.3) is 0 Å². The molecule has 1 aliphatic rings. The van der Waals surface area contributed by atoms with Crippen molar-refractivity contribution in [1.29, 1.82) is 0 Å². The van der Waals surface area contributed by atoms with E-state index in [-0.39, 0.29) is 6.04 Å². The predicted molar refractivity (Wildman–Crippen MR) is 70.6 cm³/mol. The fourth-order valence-corrected chi connectivity index (χ4v) is 2.25. The molecule has 0 spiro atoms. The van der Waals surface area contributed by atoms with Crippen LogP contribution in [0.4, 0.5) is 4.79 Å². The fraction of sp³-hybridized carbons (Fsp3) is 0.357. The molecular weight excluding hydrogens is 244 g/mol. The van der Waals surface area contributed by atoms with Crippen molar-refractivity contribution in [3.63, 3.8) is 0 Å². The lowest BCUT2D eigenvalue weighted by atomic mass is 10.1. The number of benzene rings is 1. The summed E-state index contributed by atoms with van der Waals surface area (Å²) >= 11 is 0. The number of nitrogens with one attached hydrogen (secondary N) is 2. The van der Waals surface area contributed by atoms with Crippen molar-refractivity contribution in [2.75, 3.05) is 13.3 Å². The third kappa shape index (κ3) is 3.25. The van der Waals surface area contributed by atoms with Crippen molar-refractivity contribution < 1.29 is 14.6 Å². The molecule has 5 nitrogen and oxygen atoms in total. The Morgan fingerprint density at radius 2 is 2.42 bits per heavy atom.